The second-order valence-corrected chi connectivity index (χ2v) is 6.13. The first-order valence-corrected chi connectivity index (χ1v) is 8.17. The Hall–Kier alpha value is -2.96. The number of benzene rings is 2. The first kappa shape index (κ1) is 17.8. The van der Waals surface area contributed by atoms with Crippen LogP contribution in [0.5, 0.6) is 5.75 Å². The molecule has 136 valence electrons. The van der Waals surface area contributed by atoms with Gasteiger partial charge in [-0.05, 0) is 49.2 Å². The predicted molar refractivity (Wildman–Crippen MR) is 90.5 cm³/mol. The lowest BCUT2D eigenvalue weighted by atomic mass is 9.97. The first-order chi connectivity index (χ1) is 12.4. The van der Waals surface area contributed by atoms with Gasteiger partial charge in [0.25, 0.3) is 5.91 Å². The Bertz CT molecular complexity index is 850. The lowest BCUT2D eigenvalue weighted by Gasteiger charge is -2.32. The third-order valence-electron chi connectivity index (χ3n) is 4.51. The summed E-state index contributed by atoms with van der Waals surface area (Å²) in [6, 6.07) is 7.77. The molecule has 0 saturated carbocycles. The number of ether oxygens (including phenoxy) is 1. The minimum Gasteiger partial charge on any atom is -0.489 e. The number of carbonyl (C=O) groups is 2. The zero-order valence-corrected chi connectivity index (χ0v) is 14.2. The molecule has 2 aromatic rings. The van der Waals surface area contributed by atoms with Crippen LogP contribution in [0.25, 0.3) is 0 Å². The summed E-state index contributed by atoms with van der Waals surface area (Å²) >= 11 is 0. The quantitative estimate of drug-likeness (QED) is 0.890. The molecule has 2 N–H and O–H groups in total. The van der Waals surface area contributed by atoms with Crippen molar-refractivity contribution in [2.45, 2.75) is 26.0 Å². The van der Waals surface area contributed by atoms with Crippen molar-refractivity contribution in [1.29, 1.82) is 0 Å². The van der Waals surface area contributed by atoms with Crippen molar-refractivity contribution in [1.82, 2.24) is 4.90 Å². The molecule has 1 heterocycles. The molecule has 1 atom stereocenters. The Morgan fingerprint density at radius 2 is 1.96 bits per heavy atom. The van der Waals surface area contributed by atoms with Gasteiger partial charge in [-0.15, -0.1) is 0 Å². The zero-order chi connectivity index (χ0) is 18.8. The van der Waals surface area contributed by atoms with E-state index in [2.05, 4.69) is 0 Å². The number of primary amides is 1. The van der Waals surface area contributed by atoms with Gasteiger partial charge in [0.1, 0.15) is 30.0 Å². The fourth-order valence-electron chi connectivity index (χ4n) is 2.92. The standard InChI is InChI=1S/C19H18F2N2O3/c1-11(18(22)24)23-8-7-12-9-13(5-6-14(12)19(23)25)26-10-15-16(20)3-2-4-17(15)21/h2-6,9,11H,7-8,10H2,1H3,(H2,22,24). The van der Waals surface area contributed by atoms with Crippen LogP contribution in [0.2, 0.25) is 0 Å². The molecule has 7 heteroatoms. The molecule has 0 saturated heterocycles. The normalized spacial score (nSPS) is 14.7. The van der Waals surface area contributed by atoms with Crippen molar-refractivity contribution in [3.05, 3.63) is 64.7 Å². The number of hydrogen-bond donors (Lipinski definition) is 1. The van der Waals surface area contributed by atoms with Gasteiger partial charge in [0.2, 0.25) is 5.91 Å². The molecule has 5 nitrogen and oxygen atoms in total. The Morgan fingerprint density at radius 1 is 1.27 bits per heavy atom. The van der Waals surface area contributed by atoms with Crippen LogP contribution in [0.15, 0.2) is 36.4 Å². The van der Waals surface area contributed by atoms with Crippen LogP contribution in [0.3, 0.4) is 0 Å². The van der Waals surface area contributed by atoms with Crippen LogP contribution in [0.1, 0.15) is 28.4 Å². The first-order valence-electron chi connectivity index (χ1n) is 8.17. The number of amides is 2. The molecule has 0 radical (unpaired) electrons. The van der Waals surface area contributed by atoms with Crippen LogP contribution >= 0.6 is 0 Å². The summed E-state index contributed by atoms with van der Waals surface area (Å²) in [6.07, 6.45) is 0.532. The number of rotatable bonds is 5. The Balaban J connectivity index is 1.76. The average Bonchev–Trinajstić information content (AvgIpc) is 2.61. The molecule has 0 fully saturated rings. The molecule has 0 bridgehead atoms. The monoisotopic (exact) mass is 360 g/mol. The molecular weight excluding hydrogens is 342 g/mol. The third-order valence-corrected chi connectivity index (χ3v) is 4.51. The summed E-state index contributed by atoms with van der Waals surface area (Å²) < 4.78 is 32.8. The zero-order valence-electron chi connectivity index (χ0n) is 14.2. The molecule has 1 aliphatic rings. The van der Waals surface area contributed by atoms with Crippen molar-refractivity contribution in [3.63, 3.8) is 0 Å². The molecule has 0 spiro atoms. The minimum absolute atomic E-state index is 0.150. The van der Waals surface area contributed by atoms with Crippen molar-refractivity contribution in [2.24, 2.45) is 5.73 Å². The number of hydrogen-bond acceptors (Lipinski definition) is 3. The van der Waals surface area contributed by atoms with Crippen LogP contribution in [0, 0.1) is 11.6 Å². The lowest BCUT2D eigenvalue weighted by molar-refractivity contribution is -0.122. The van der Waals surface area contributed by atoms with Crippen molar-refractivity contribution in [3.8, 4) is 5.75 Å². The fourth-order valence-corrected chi connectivity index (χ4v) is 2.92. The summed E-state index contributed by atoms with van der Waals surface area (Å²) in [6.45, 7) is 1.70. The number of nitrogens with zero attached hydrogens (tertiary/aromatic N) is 1. The minimum atomic E-state index is -0.685. The van der Waals surface area contributed by atoms with E-state index in [4.69, 9.17) is 10.5 Å². The van der Waals surface area contributed by atoms with E-state index in [1.54, 1.807) is 25.1 Å². The van der Waals surface area contributed by atoms with Gasteiger partial charge in [-0.2, -0.15) is 0 Å². The molecule has 1 unspecified atom stereocenters. The Morgan fingerprint density at radius 3 is 2.62 bits per heavy atom. The van der Waals surface area contributed by atoms with Gasteiger partial charge in [-0.3, -0.25) is 9.59 Å². The molecular formula is C19H18F2N2O3. The van der Waals surface area contributed by atoms with Gasteiger partial charge in [0.05, 0.1) is 5.56 Å². The summed E-state index contributed by atoms with van der Waals surface area (Å²) in [7, 11) is 0. The molecule has 0 aliphatic carbocycles. The van der Waals surface area contributed by atoms with Crippen molar-refractivity contribution >= 4 is 11.8 Å². The fraction of sp³-hybridized carbons (Fsp3) is 0.263. The van der Waals surface area contributed by atoms with Gasteiger partial charge in [0.15, 0.2) is 0 Å². The van der Waals surface area contributed by atoms with Crippen LogP contribution in [-0.2, 0) is 17.8 Å². The van der Waals surface area contributed by atoms with E-state index in [-0.39, 0.29) is 18.1 Å². The van der Waals surface area contributed by atoms with Gasteiger partial charge in [-0.1, -0.05) is 6.07 Å². The van der Waals surface area contributed by atoms with E-state index < -0.39 is 23.6 Å². The summed E-state index contributed by atoms with van der Waals surface area (Å²) in [5.74, 6) is -1.77. The maximum absolute atomic E-state index is 13.7. The summed E-state index contributed by atoms with van der Waals surface area (Å²) in [4.78, 5) is 25.3. The van der Waals surface area contributed by atoms with Crippen LogP contribution < -0.4 is 10.5 Å². The van der Waals surface area contributed by atoms with E-state index >= 15 is 0 Å². The molecule has 3 rings (SSSR count). The van der Waals surface area contributed by atoms with E-state index in [1.165, 1.54) is 23.1 Å². The van der Waals surface area contributed by atoms with Crippen molar-refractivity contribution in [2.75, 3.05) is 6.54 Å². The number of halogens is 2. The Kier molecular flexibility index (Phi) is 4.88. The smallest absolute Gasteiger partial charge is 0.254 e. The van der Waals surface area contributed by atoms with Gasteiger partial charge >= 0.3 is 0 Å². The lowest BCUT2D eigenvalue weighted by Crippen LogP contribution is -2.49. The number of nitrogens with two attached hydrogens (primary N) is 1. The van der Waals surface area contributed by atoms with Gasteiger partial charge in [-0.25, -0.2) is 8.78 Å². The second kappa shape index (κ2) is 7.11. The van der Waals surface area contributed by atoms with E-state index in [1.807, 2.05) is 0 Å². The van der Waals surface area contributed by atoms with E-state index in [9.17, 15) is 18.4 Å². The topological polar surface area (TPSA) is 72.6 Å². The highest BCUT2D eigenvalue weighted by Crippen LogP contribution is 2.26. The van der Waals surface area contributed by atoms with Gasteiger partial charge < -0.3 is 15.4 Å². The van der Waals surface area contributed by atoms with E-state index in [0.717, 1.165) is 5.56 Å². The number of fused-ring (bicyclic) bond motifs is 1. The average molecular weight is 360 g/mol. The maximum Gasteiger partial charge on any atom is 0.254 e. The molecule has 2 aromatic carbocycles. The Labute approximate surface area is 149 Å². The summed E-state index contributed by atoms with van der Waals surface area (Å²) in [5, 5.41) is 0. The maximum atomic E-state index is 13.7. The summed E-state index contributed by atoms with van der Waals surface area (Å²) in [5.41, 5.74) is 6.35. The molecule has 2 amide bonds. The van der Waals surface area contributed by atoms with Crippen LogP contribution in [0.4, 0.5) is 8.78 Å². The van der Waals surface area contributed by atoms with Crippen molar-refractivity contribution < 1.29 is 23.1 Å². The van der Waals surface area contributed by atoms with Gasteiger partial charge in [0, 0.05) is 12.1 Å². The highest BCUT2D eigenvalue weighted by molar-refractivity contribution is 5.99. The SMILES string of the molecule is CC(C(N)=O)N1CCc2cc(OCc3c(F)cccc3F)ccc2C1=O. The second-order valence-electron chi connectivity index (χ2n) is 6.13. The number of carbonyl (C=O) groups excluding carboxylic acids is 2. The molecule has 0 aromatic heterocycles. The largest absolute Gasteiger partial charge is 0.489 e. The molecule has 1 aliphatic heterocycles. The predicted octanol–water partition coefficient (Wildman–Crippen LogP) is 2.42. The van der Waals surface area contributed by atoms with E-state index in [0.29, 0.717) is 24.3 Å². The highest BCUT2D eigenvalue weighted by atomic mass is 19.1. The highest BCUT2D eigenvalue weighted by Gasteiger charge is 2.30. The third kappa shape index (κ3) is 3.37. The van der Waals surface area contributed by atoms with Crippen LogP contribution in [-0.4, -0.2) is 29.3 Å². The molecule has 26 heavy (non-hydrogen) atoms.